The van der Waals surface area contributed by atoms with Gasteiger partial charge in [0.25, 0.3) is 5.78 Å². The highest BCUT2D eigenvalue weighted by atomic mass is 35.5. The van der Waals surface area contributed by atoms with Crippen LogP contribution in [0.4, 0.5) is 5.69 Å². The van der Waals surface area contributed by atoms with Crippen LogP contribution in [0.1, 0.15) is 40.4 Å². The minimum Gasteiger partial charge on any atom is -0.326 e. The molecule has 0 aliphatic rings. The summed E-state index contributed by atoms with van der Waals surface area (Å²) in [6.07, 6.45) is 2.73. The van der Waals surface area contributed by atoms with Crippen molar-refractivity contribution in [2.75, 3.05) is 11.6 Å². The molecule has 1 atom stereocenters. The second-order valence-electron chi connectivity index (χ2n) is 7.83. The molecule has 4 rings (SSSR count). The first-order valence-corrected chi connectivity index (χ1v) is 12.3. The van der Waals surface area contributed by atoms with Gasteiger partial charge in [-0.05, 0) is 55.3 Å². The number of carbonyl (C=O) groups excluding carboxylic acids is 1. The van der Waals surface area contributed by atoms with Crippen LogP contribution in [0.15, 0.2) is 53.7 Å². The number of halogens is 1. The smallest absolute Gasteiger partial charge is 0.253 e. The van der Waals surface area contributed by atoms with Crippen LogP contribution in [0.25, 0.3) is 5.78 Å². The maximum Gasteiger partial charge on any atom is 0.253 e. The molecule has 0 bridgehead atoms. The number of amides is 1. The third kappa shape index (κ3) is 4.91. The SMILES string of the molecule is CSc1nc2nc(C)c(CCC(=O)Nc3ccc(C(C#N)c4ccccc4)c(Cl)c3)c(C)n2n1. The van der Waals surface area contributed by atoms with Gasteiger partial charge in [0, 0.05) is 28.5 Å². The van der Waals surface area contributed by atoms with Crippen molar-refractivity contribution in [3.05, 3.63) is 81.6 Å². The molecule has 1 unspecified atom stereocenters. The predicted octanol–water partition coefficient (Wildman–Crippen LogP) is 5.34. The van der Waals surface area contributed by atoms with Crippen LogP contribution in [-0.4, -0.2) is 31.7 Å². The number of thioether (sulfide) groups is 1. The van der Waals surface area contributed by atoms with Gasteiger partial charge in [-0.15, -0.1) is 5.10 Å². The minimum atomic E-state index is -0.477. The lowest BCUT2D eigenvalue weighted by Gasteiger charge is -2.14. The van der Waals surface area contributed by atoms with E-state index in [-0.39, 0.29) is 12.3 Å². The molecule has 0 saturated carbocycles. The Bertz CT molecular complexity index is 1400. The number of anilines is 1. The Morgan fingerprint density at radius 1 is 1.21 bits per heavy atom. The average molecular weight is 491 g/mol. The van der Waals surface area contributed by atoms with Crippen LogP contribution in [0.2, 0.25) is 5.02 Å². The standard InChI is InChI=1S/C25H23ClN6OS/c1-15-19(16(2)32-24(28-15)30-25(31-32)34-3)11-12-23(33)29-18-9-10-20(22(26)13-18)21(14-27)17-7-5-4-6-8-17/h4-10,13,21H,11-12H2,1-3H3,(H,29,33). The monoisotopic (exact) mass is 490 g/mol. The van der Waals surface area contributed by atoms with E-state index in [4.69, 9.17) is 11.6 Å². The van der Waals surface area contributed by atoms with Crippen molar-refractivity contribution in [2.24, 2.45) is 0 Å². The first kappa shape index (κ1) is 23.7. The van der Waals surface area contributed by atoms with Gasteiger partial charge in [0.05, 0.1) is 12.0 Å². The van der Waals surface area contributed by atoms with E-state index in [1.807, 2.05) is 50.4 Å². The molecule has 1 amide bonds. The van der Waals surface area contributed by atoms with Crippen molar-refractivity contribution in [3.8, 4) is 6.07 Å². The summed E-state index contributed by atoms with van der Waals surface area (Å²) >= 11 is 7.95. The van der Waals surface area contributed by atoms with E-state index in [9.17, 15) is 10.1 Å². The Morgan fingerprint density at radius 3 is 2.65 bits per heavy atom. The van der Waals surface area contributed by atoms with Crippen molar-refractivity contribution in [1.29, 1.82) is 5.26 Å². The molecule has 0 spiro atoms. The normalized spacial score (nSPS) is 11.9. The summed E-state index contributed by atoms with van der Waals surface area (Å²) in [6, 6.07) is 17.1. The molecule has 9 heteroatoms. The number of benzene rings is 2. The average Bonchev–Trinajstić information content (AvgIpc) is 3.25. The Morgan fingerprint density at radius 2 is 1.97 bits per heavy atom. The third-order valence-electron chi connectivity index (χ3n) is 5.67. The van der Waals surface area contributed by atoms with Gasteiger partial charge in [-0.2, -0.15) is 10.2 Å². The third-order valence-corrected chi connectivity index (χ3v) is 6.54. The highest BCUT2D eigenvalue weighted by Crippen LogP contribution is 2.32. The molecule has 0 aliphatic heterocycles. The molecule has 2 heterocycles. The second-order valence-corrected chi connectivity index (χ2v) is 9.01. The highest BCUT2D eigenvalue weighted by molar-refractivity contribution is 7.98. The second kappa shape index (κ2) is 10.2. The molecule has 2 aromatic carbocycles. The molecule has 172 valence electrons. The van der Waals surface area contributed by atoms with Gasteiger partial charge in [-0.3, -0.25) is 4.79 Å². The number of nitrogens with one attached hydrogen (secondary N) is 1. The predicted molar refractivity (Wildman–Crippen MR) is 134 cm³/mol. The van der Waals surface area contributed by atoms with Crippen LogP contribution in [0.3, 0.4) is 0 Å². The minimum absolute atomic E-state index is 0.133. The quantitative estimate of drug-likeness (QED) is 0.351. The van der Waals surface area contributed by atoms with E-state index in [2.05, 4.69) is 26.5 Å². The molecule has 0 aliphatic carbocycles. The fraction of sp³-hybridized carbons (Fsp3) is 0.240. The van der Waals surface area contributed by atoms with Gasteiger partial charge in [0.2, 0.25) is 11.1 Å². The van der Waals surface area contributed by atoms with Crippen molar-refractivity contribution in [3.63, 3.8) is 0 Å². The van der Waals surface area contributed by atoms with Gasteiger partial charge in [0.1, 0.15) is 0 Å². The van der Waals surface area contributed by atoms with Gasteiger partial charge >= 0.3 is 0 Å². The lowest BCUT2D eigenvalue weighted by Crippen LogP contribution is -2.14. The molecule has 0 saturated heterocycles. The molecule has 0 fully saturated rings. The van der Waals surface area contributed by atoms with Gasteiger partial charge < -0.3 is 5.32 Å². The van der Waals surface area contributed by atoms with Crippen molar-refractivity contribution < 1.29 is 4.79 Å². The number of aryl methyl sites for hydroxylation is 2. The van der Waals surface area contributed by atoms with Crippen molar-refractivity contribution in [2.45, 2.75) is 37.8 Å². The molecule has 1 N–H and O–H groups in total. The Kier molecular flexibility index (Phi) is 7.15. The van der Waals surface area contributed by atoms with Crippen LogP contribution in [-0.2, 0) is 11.2 Å². The summed E-state index contributed by atoms with van der Waals surface area (Å²) < 4.78 is 1.73. The van der Waals surface area contributed by atoms with Crippen LogP contribution >= 0.6 is 23.4 Å². The summed E-state index contributed by atoms with van der Waals surface area (Å²) in [5, 5.41) is 18.1. The topological polar surface area (TPSA) is 96.0 Å². The molecule has 7 nitrogen and oxygen atoms in total. The lowest BCUT2D eigenvalue weighted by atomic mass is 9.92. The molecular weight excluding hydrogens is 468 g/mol. The van der Waals surface area contributed by atoms with Crippen LogP contribution < -0.4 is 5.32 Å². The van der Waals surface area contributed by atoms with E-state index < -0.39 is 5.92 Å². The van der Waals surface area contributed by atoms with Gasteiger partial charge in [0.15, 0.2) is 0 Å². The molecule has 4 aromatic rings. The van der Waals surface area contributed by atoms with Crippen LogP contribution in [0.5, 0.6) is 0 Å². The molecule has 2 aromatic heterocycles. The van der Waals surface area contributed by atoms with E-state index in [0.717, 1.165) is 22.5 Å². The fourth-order valence-electron chi connectivity index (χ4n) is 3.91. The molecule has 34 heavy (non-hydrogen) atoms. The zero-order valence-electron chi connectivity index (χ0n) is 19.0. The zero-order valence-corrected chi connectivity index (χ0v) is 20.6. The maximum atomic E-state index is 12.7. The van der Waals surface area contributed by atoms with E-state index >= 15 is 0 Å². The Balaban J connectivity index is 1.46. The highest BCUT2D eigenvalue weighted by Gasteiger charge is 2.18. The lowest BCUT2D eigenvalue weighted by molar-refractivity contribution is -0.116. The summed E-state index contributed by atoms with van der Waals surface area (Å²) in [7, 11) is 0. The molecular formula is C25H23ClN6OS. The molecule has 0 radical (unpaired) electrons. The maximum absolute atomic E-state index is 12.7. The number of hydrogen-bond donors (Lipinski definition) is 1. The Labute approximate surface area is 207 Å². The van der Waals surface area contributed by atoms with E-state index in [0.29, 0.717) is 33.6 Å². The van der Waals surface area contributed by atoms with Crippen molar-refractivity contribution in [1.82, 2.24) is 19.6 Å². The number of fused-ring (bicyclic) bond motifs is 1. The van der Waals surface area contributed by atoms with Gasteiger partial charge in [-0.25, -0.2) is 9.50 Å². The van der Waals surface area contributed by atoms with Crippen LogP contribution in [0, 0.1) is 25.2 Å². The summed E-state index contributed by atoms with van der Waals surface area (Å²) in [4.78, 5) is 21.6. The van der Waals surface area contributed by atoms with E-state index in [1.54, 1.807) is 22.7 Å². The van der Waals surface area contributed by atoms with E-state index in [1.165, 1.54) is 11.8 Å². The number of hydrogen-bond acceptors (Lipinski definition) is 6. The largest absolute Gasteiger partial charge is 0.326 e. The number of rotatable bonds is 7. The first-order valence-electron chi connectivity index (χ1n) is 10.7. The first-order chi connectivity index (χ1) is 16.4. The zero-order chi connectivity index (χ0) is 24.2. The number of aromatic nitrogens is 4. The summed E-state index contributed by atoms with van der Waals surface area (Å²) in [6.45, 7) is 3.88. The van der Waals surface area contributed by atoms with Gasteiger partial charge in [-0.1, -0.05) is 59.8 Å². The fourth-order valence-corrected chi connectivity index (χ4v) is 4.53. The van der Waals surface area contributed by atoms with Crippen molar-refractivity contribution >= 4 is 40.7 Å². The number of carbonyl (C=O) groups is 1. The summed E-state index contributed by atoms with van der Waals surface area (Å²) in [5.74, 6) is -0.0466. The number of nitrogens with zero attached hydrogens (tertiary/aromatic N) is 5. The summed E-state index contributed by atoms with van der Waals surface area (Å²) in [5.41, 5.74) is 4.92. The number of nitriles is 1. The Hall–Kier alpha value is -3.41.